The highest BCUT2D eigenvalue weighted by molar-refractivity contribution is 9.10. The molecule has 0 aliphatic rings. The Morgan fingerprint density at radius 2 is 1.92 bits per heavy atom. The normalized spacial score (nSPS) is 12.3. The van der Waals surface area contributed by atoms with Crippen molar-refractivity contribution in [3.8, 4) is 0 Å². The van der Waals surface area contributed by atoms with E-state index in [1.54, 1.807) is 4.90 Å². The van der Waals surface area contributed by atoms with E-state index in [2.05, 4.69) is 20.9 Å². The lowest BCUT2D eigenvalue weighted by molar-refractivity contribution is -0.118. The quantitative estimate of drug-likeness (QED) is 0.601. The molecule has 0 saturated carbocycles. The molecule has 10 heteroatoms. The number of carbonyl (C=O) groups is 1. The first-order chi connectivity index (χ1) is 12.1. The van der Waals surface area contributed by atoms with E-state index in [0.29, 0.717) is 11.7 Å². The van der Waals surface area contributed by atoms with Crippen LogP contribution in [0.25, 0.3) is 10.2 Å². The zero-order valence-electron chi connectivity index (χ0n) is 15.3. The second kappa shape index (κ2) is 8.75. The van der Waals surface area contributed by atoms with Crippen LogP contribution in [0.3, 0.4) is 0 Å². The van der Waals surface area contributed by atoms with Crippen LogP contribution >= 0.6 is 27.3 Å². The average Bonchev–Trinajstić information content (AvgIpc) is 2.92. The molecule has 2 rings (SSSR count). The molecule has 2 aromatic rings. The minimum Gasteiger partial charge on any atom is -0.309 e. The Morgan fingerprint density at radius 1 is 1.23 bits per heavy atom. The van der Waals surface area contributed by atoms with E-state index >= 15 is 0 Å². The van der Waals surface area contributed by atoms with Crippen LogP contribution in [0.4, 0.5) is 5.13 Å². The molecule has 1 amide bonds. The second-order valence-electron chi connectivity index (χ2n) is 6.33. The summed E-state index contributed by atoms with van der Waals surface area (Å²) < 4.78 is 26.2. The van der Waals surface area contributed by atoms with Gasteiger partial charge in [-0.2, -0.15) is 4.31 Å². The molecule has 1 aromatic heterocycles. The van der Waals surface area contributed by atoms with Gasteiger partial charge in [-0.15, -0.1) is 0 Å². The van der Waals surface area contributed by atoms with Crippen molar-refractivity contribution in [1.82, 2.24) is 14.2 Å². The zero-order valence-corrected chi connectivity index (χ0v) is 18.5. The summed E-state index contributed by atoms with van der Waals surface area (Å²) in [7, 11) is 1.92. The summed E-state index contributed by atoms with van der Waals surface area (Å²) in [4.78, 5) is 21.0. The Kier molecular flexibility index (Phi) is 7.14. The standard InChI is InChI=1S/C16H23BrN4O3S2/c1-19(2)8-5-9-21(15(22)11-20(3)26(4,23)24)16-18-13-7-6-12(17)10-14(13)25-16/h6-7,10H,5,8-9,11H2,1-4H3. The Morgan fingerprint density at radius 3 is 2.54 bits per heavy atom. The first-order valence-electron chi connectivity index (χ1n) is 8.00. The SMILES string of the molecule is CN(C)CCCN(C(=O)CN(C)S(C)(=O)=O)c1nc2ccc(Br)cc2s1. The summed E-state index contributed by atoms with van der Waals surface area (Å²) in [5.41, 5.74) is 0.815. The molecule has 0 spiro atoms. The fraction of sp³-hybridized carbons (Fsp3) is 0.500. The van der Waals surface area contributed by atoms with Crippen molar-refractivity contribution in [2.75, 3.05) is 51.9 Å². The van der Waals surface area contributed by atoms with Crippen LogP contribution in [0.5, 0.6) is 0 Å². The number of fused-ring (bicyclic) bond motifs is 1. The third-order valence-corrected chi connectivity index (χ3v) is 6.58. The number of carbonyl (C=O) groups excluding carboxylic acids is 1. The second-order valence-corrected chi connectivity index (χ2v) is 10.3. The van der Waals surface area contributed by atoms with Gasteiger partial charge in [-0.1, -0.05) is 27.3 Å². The number of rotatable bonds is 8. The number of halogens is 1. The Labute approximate surface area is 166 Å². The molecule has 144 valence electrons. The Balaban J connectivity index is 2.27. The predicted molar refractivity (Wildman–Crippen MR) is 110 cm³/mol. The minimum absolute atomic E-state index is 0.208. The summed E-state index contributed by atoms with van der Waals surface area (Å²) in [6, 6.07) is 5.76. The van der Waals surface area contributed by atoms with Gasteiger partial charge in [-0.25, -0.2) is 13.4 Å². The first-order valence-corrected chi connectivity index (χ1v) is 11.5. The topological polar surface area (TPSA) is 73.8 Å². The minimum atomic E-state index is -3.42. The third-order valence-electron chi connectivity index (χ3n) is 3.78. The fourth-order valence-corrected chi connectivity index (χ4v) is 4.17. The molecule has 1 aromatic carbocycles. The first kappa shape index (κ1) is 21.2. The average molecular weight is 463 g/mol. The monoisotopic (exact) mass is 462 g/mol. The molecular weight excluding hydrogens is 440 g/mol. The molecule has 1 heterocycles. The fourth-order valence-electron chi connectivity index (χ4n) is 2.27. The highest BCUT2D eigenvalue weighted by Crippen LogP contribution is 2.31. The molecule has 0 unspecified atom stereocenters. The number of hydrogen-bond acceptors (Lipinski definition) is 6. The molecular formula is C16H23BrN4O3S2. The van der Waals surface area contributed by atoms with Gasteiger partial charge in [-0.05, 0) is 45.3 Å². The van der Waals surface area contributed by atoms with Crippen molar-refractivity contribution in [2.24, 2.45) is 0 Å². The lowest BCUT2D eigenvalue weighted by atomic mass is 10.3. The summed E-state index contributed by atoms with van der Waals surface area (Å²) in [6.45, 7) is 1.10. The van der Waals surface area contributed by atoms with Gasteiger partial charge < -0.3 is 4.90 Å². The molecule has 7 nitrogen and oxygen atoms in total. The summed E-state index contributed by atoms with van der Waals surface area (Å²) >= 11 is 4.86. The number of sulfonamides is 1. The molecule has 0 bridgehead atoms. The lowest BCUT2D eigenvalue weighted by Crippen LogP contribution is -2.41. The van der Waals surface area contributed by atoms with Crippen LogP contribution in [0.1, 0.15) is 6.42 Å². The van der Waals surface area contributed by atoms with Crippen molar-refractivity contribution in [3.63, 3.8) is 0 Å². The summed E-state index contributed by atoms with van der Waals surface area (Å²) in [5, 5.41) is 0.587. The van der Waals surface area contributed by atoms with Gasteiger partial charge in [0.25, 0.3) is 0 Å². The highest BCUT2D eigenvalue weighted by Gasteiger charge is 2.23. The van der Waals surface area contributed by atoms with Crippen molar-refractivity contribution in [1.29, 1.82) is 0 Å². The van der Waals surface area contributed by atoms with Crippen molar-refractivity contribution >= 4 is 58.5 Å². The number of nitrogens with zero attached hydrogens (tertiary/aromatic N) is 4. The van der Waals surface area contributed by atoms with E-state index in [1.165, 1.54) is 18.4 Å². The van der Waals surface area contributed by atoms with Crippen molar-refractivity contribution in [2.45, 2.75) is 6.42 Å². The van der Waals surface area contributed by atoms with E-state index in [-0.39, 0.29) is 12.5 Å². The molecule has 0 atom stereocenters. The van der Waals surface area contributed by atoms with E-state index in [0.717, 1.165) is 38.2 Å². The molecule has 26 heavy (non-hydrogen) atoms. The number of thiazole rings is 1. The molecule has 0 aliphatic heterocycles. The van der Waals surface area contributed by atoms with E-state index in [9.17, 15) is 13.2 Å². The maximum atomic E-state index is 12.8. The molecule has 0 fully saturated rings. The van der Waals surface area contributed by atoms with Crippen LogP contribution in [-0.4, -0.2) is 75.5 Å². The molecule has 0 radical (unpaired) electrons. The highest BCUT2D eigenvalue weighted by atomic mass is 79.9. The van der Waals surface area contributed by atoms with Crippen LogP contribution in [-0.2, 0) is 14.8 Å². The molecule has 0 N–H and O–H groups in total. The number of anilines is 1. The van der Waals surface area contributed by atoms with Gasteiger partial charge in [0.05, 0.1) is 23.0 Å². The van der Waals surface area contributed by atoms with Crippen LogP contribution in [0, 0.1) is 0 Å². The maximum absolute atomic E-state index is 12.8. The maximum Gasteiger partial charge on any atom is 0.244 e. The van der Waals surface area contributed by atoms with E-state index in [1.807, 2.05) is 37.2 Å². The van der Waals surface area contributed by atoms with Crippen LogP contribution in [0.2, 0.25) is 0 Å². The number of amides is 1. The zero-order chi connectivity index (χ0) is 19.5. The van der Waals surface area contributed by atoms with Gasteiger partial charge in [0.15, 0.2) is 5.13 Å². The Bertz CT molecular complexity index is 883. The number of benzene rings is 1. The van der Waals surface area contributed by atoms with Crippen molar-refractivity contribution < 1.29 is 13.2 Å². The van der Waals surface area contributed by atoms with Gasteiger partial charge in [0.1, 0.15) is 0 Å². The van der Waals surface area contributed by atoms with Crippen LogP contribution < -0.4 is 4.90 Å². The number of hydrogen-bond donors (Lipinski definition) is 0. The summed E-state index contributed by atoms with van der Waals surface area (Å²) in [5.74, 6) is -0.283. The summed E-state index contributed by atoms with van der Waals surface area (Å²) in [6.07, 6.45) is 1.85. The third kappa shape index (κ3) is 5.71. The van der Waals surface area contributed by atoms with Crippen molar-refractivity contribution in [3.05, 3.63) is 22.7 Å². The largest absolute Gasteiger partial charge is 0.309 e. The van der Waals surface area contributed by atoms with E-state index < -0.39 is 10.0 Å². The van der Waals surface area contributed by atoms with Gasteiger partial charge in [-0.3, -0.25) is 9.69 Å². The molecule has 0 saturated heterocycles. The number of aromatic nitrogens is 1. The predicted octanol–water partition coefficient (Wildman–Crippen LogP) is 2.23. The Hall–Kier alpha value is -1.07. The van der Waals surface area contributed by atoms with Gasteiger partial charge in [0, 0.05) is 18.1 Å². The van der Waals surface area contributed by atoms with Gasteiger partial charge in [0.2, 0.25) is 15.9 Å². The lowest BCUT2D eigenvalue weighted by Gasteiger charge is -2.23. The van der Waals surface area contributed by atoms with Crippen LogP contribution in [0.15, 0.2) is 22.7 Å². The van der Waals surface area contributed by atoms with E-state index in [4.69, 9.17) is 0 Å². The van der Waals surface area contributed by atoms with Gasteiger partial charge >= 0.3 is 0 Å². The number of likely N-dealkylation sites (N-methyl/N-ethyl adjacent to an activating group) is 1. The molecule has 0 aliphatic carbocycles. The smallest absolute Gasteiger partial charge is 0.244 e.